The van der Waals surface area contributed by atoms with Gasteiger partial charge in [0, 0.05) is 37.7 Å². The van der Waals surface area contributed by atoms with Crippen LogP contribution in [-0.4, -0.2) is 56.6 Å². The van der Waals surface area contributed by atoms with Gasteiger partial charge < -0.3 is 9.64 Å². The minimum Gasteiger partial charge on any atom is -0.374 e. The number of rotatable bonds is 5. The first-order valence-electron chi connectivity index (χ1n) is 9.76. The van der Waals surface area contributed by atoms with Crippen LogP contribution in [0.25, 0.3) is 11.3 Å². The van der Waals surface area contributed by atoms with Crippen molar-refractivity contribution < 1.29 is 9.53 Å². The molecule has 1 N–H and O–H groups in total. The fourth-order valence-electron chi connectivity index (χ4n) is 3.47. The topological polar surface area (TPSA) is 76.0 Å². The number of hydrogen-bond donors (Lipinski definition) is 1. The van der Waals surface area contributed by atoms with E-state index < -0.39 is 0 Å². The molecule has 0 saturated carbocycles. The fraction of sp³-hybridized carbons (Fsp3) is 0.381. The molecule has 1 aliphatic heterocycles. The maximum Gasteiger partial charge on any atom is 0.271 e. The number of amides is 1. The number of aromatic nitrogens is 4. The summed E-state index contributed by atoms with van der Waals surface area (Å²) in [6.07, 6.45) is 5.40. The molecule has 0 unspecified atom stereocenters. The van der Waals surface area contributed by atoms with Crippen molar-refractivity contribution >= 4 is 5.91 Å². The molecule has 4 rings (SSSR count). The Hall–Kier alpha value is -2.93. The number of nitrogens with zero attached hydrogens (tertiary/aromatic N) is 4. The second-order valence-corrected chi connectivity index (χ2v) is 7.04. The van der Waals surface area contributed by atoms with Crippen molar-refractivity contribution in [2.45, 2.75) is 32.4 Å². The number of aryl methyl sites for hydroxylation is 1. The minimum atomic E-state index is -0.0738. The quantitative estimate of drug-likeness (QED) is 0.740. The summed E-state index contributed by atoms with van der Waals surface area (Å²) >= 11 is 0. The predicted molar refractivity (Wildman–Crippen MR) is 106 cm³/mol. The largest absolute Gasteiger partial charge is 0.374 e. The molecule has 1 saturated heterocycles. The van der Waals surface area contributed by atoms with Gasteiger partial charge in [0.05, 0.1) is 18.3 Å². The summed E-state index contributed by atoms with van der Waals surface area (Å²) in [6.45, 7) is 4.62. The van der Waals surface area contributed by atoms with Gasteiger partial charge >= 0.3 is 0 Å². The Bertz CT molecular complexity index is 901. The molecule has 3 heterocycles. The maximum atomic E-state index is 13.0. The number of hydrogen-bond acceptors (Lipinski definition) is 4. The van der Waals surface area contributed by atoms with E-state index in [1.165, 1.54) is 5.56 Å². The number of H-pyrrole nitrogens is 1. The Kier molecular flexibility index (Phi) is 5.53. The lowest BCUT2D eigenvalue weighted by Gasteiger charge is -2.23. The molecule has 1 aliphatic rings. The van der Waals surface area contributed by atoms with Crippen molar-refractivity contribution in [3.8, 4) is 11.3 Å². The molecule has 3 aromatic rings. The first kappa shape index (κ1) is 18.4. The third kappa shape index (κ3) is 4.14. The smallest absolute Gasteiger partial charge is 0.271 e. The summed E-state index contributed by atoms with van der Waals surface area (Å²) in [7, 11) is 0. The molecule has 1 fully saturated rings. The summed E-state index contributed by atoms with van der Waals surface area (Å²) in [5, 5.41) is 11.5. The standard InChI is InChI=1S/C21H25N5O2/c1-2-16-5-7-17(8-6-16)19-13-20(24-23-19)21(27)25-10-4-12-28-18(14-25)15-26-11-3-9-22-26/h3,5-9,11,13,18H,2,4,10,12,14-15H2,1H3,(H,23,24)/t18-/m0/s1. The van der Waals surface area contributed by atoms with Gasteiger partial charge in [-0.15, -0.1) is 0 Å². The van der Waals surface area contributed by atoms with Crippen molar-refractivity contribution in [2.24, 2.45) is 0 Å². The second kappa shape index (κ2) is 8.39. The van der Waals surface area contributed by atoms with Gasteiger partial charge in [0.15, 0.2) is 0 Å². The molecular formula is C21H25N5O2. The lowest BCUT2D eigenvalue weighted by Crippen LogP contribution is -2.38. The van der Waals surface area contributed by atoms with E-state index in [9.17, 15) is 4.79 Å². The number of carbonyl (C=O) groups is 1. The highest BCUT2D eigenvalue weighted by atomic mass is 16.5. The molecule has 0 spiro atoms. The van der Waals surface area contributed by atoms with E-state index in [-0.39, 0.29) is 12.0 Å². The maximum absolute atomic E-state index is 13.0. The van der Waals surface area contributed by atoms with Crippen LogP contribution in [-0.2, 0) is 17.7 Å². The number of ether oxygens (including phenoxy) is 1. The van der Waals surface area contributed by atoms with E-state index in [1.807, 2.05) is 40.0 Å². The average Bonchev–Trinajstić information content (AvgIpc) is 3.36. The van der Waals surface area contributed by atoms with Crippen molar-refractivity contribution in [3.05, 3.63) is 60.0 Å². The number of aromatic amines is 1. The van der Waals surface area contributed by atoms with Crippen LogP contribution in [0.3, 0.4) is 0 Å². The summed E-state index contributed by atoms with van der Waals surface area (Å²) in [6, 6.07) is 12.0. The van der Waals surface area contributed by atoms with Gasteiger partial charge in [-0.1, -0.05) is 31.2 Å². The molecule has 146 valence electrons. The van der Waals surface area contributed by atoms with Crippen molar-refractivity contribution in [3.63, 3.8) is 0 Å². The van der Waals surface area contributed by atoms with Gasteiger partial charge in [-0.25, -0.2) is 0 Å². The third-order valence-corrected chi connectivity index (χ3v) is 5.05. The van der Waals surface area contributed by atoms with Crippen LogP contribution in [0.2, 0.25) is 0 Å². The summed E-state index contributed by atoms with van der Waals surface area (Å²) < 4.78 is 7.75. The Morgan fingerprint density at radius 2 is 2.18 bits per heavy atom. The van der Waals surface area contributed by atoms with E-state index >= 15 is 0 Å². The van der Waals surface area contributed by atoms with Gasteiger partial charge in [0.25, 0.3) is 5.91 Å². The van der Waals surface area contributed by atoms with Crippen LogP contribution in [0, 0.1) is 0 Å². The van der Waals surface area contributed by atoms with E-state index in [4.69, 9.17) is 4.74 Å². The zero-order chi connectivity index (χ0) is 19.3. The lowest BCUT2D eigenvalue weighted by molar-refractivity contribution is 0.0365. The molecule has 0 bridgehead atoms. The highest BCUT2D eigenvalue weighted by molar-refractivity contribution is 5.93. The van der Waals surface area contributed by atoms with Crippen LogP contribution < -0.4 is 0 Å². The van der Waals surface area contributed by atoms with Crippen molar-refractivity contribution in [2.75, 3.05) is 19.7 Å². The van der Waals surface area contributed by atoms with Crippen LogP contribution in [0.1, 0.15) is 29.4 Å². The van der Waals surface area contributed by atoms with Gasteiger partial charge in [-0.3, -0.25) is 14.6 Å². The Labute approximate surface area is 164 Å². The van der Waals surface area contributed by atoms with E-state index in [0.717, 1.165) is 24.1 Å². The van der Waals surface area contributed by atoms with Gasteiger partial charge in [0.2, 0.25) is 0 Å². The Balaban J connectivity index is 1.46. The molecule has 1 aromatic carbocycles. The first-order valence-corrected chi connectivity index (χ1v) is 9.76. The zero-order valence-electron chi connectivity index (χ0n) is 16.0. The number of nitrogens with one attached hydrogen (secondary N) is 1. The molecule has 0 aliphatic carbocycles. The van der Waals surface area contributed by atoms with Crippen LogP contribution in [0.4, 0.5) is 0 Å². The third-order valence-electron chi connectivity index (χ3n) is 5.05. The van der Waals surface area contributed by atoms with Crippen molar-refractivity contribution in [1.29, 1.82) is 0 Å². The summed E-state index contributed by atoms with van der Waals surface area (Å²) in [5.41, 5.74) is 3.58. The molecule has 0 radical (unpaired) electrons. The first-order chi connectivity index (χ1) is 13.7. The van der Waals surface area contributed by atoms with Crippen molar-refractivity contribution in [1.82, 2.24) is 24.9 Å². The molecule has 2 aromatic heterocycles. The molecule has 28 heavy (non-hydrogen) atoms. The highest BCUT2D eigenvalue weighted by Gasteiger charge is 2.25. The molecule has 7 heteroatoms. The zero-order valence-corrected chi connectivity index (χ0v) is 16.0. The molecular weight excluding hydrogens is 354 g/mol. The molecule has 1 amide bonds. The van der Waals surface area contributed by atoms with Gasteiger partial charge in [0.1, 0.15) is 5.69 Å². The van der Waals surface area contributed by atoms with E-state index in [2.05, 4.69) is 34.4 Å². The minimum absolute atomic E-state index is 0.0418. The Morgan fingerprint density at radius 1 is 1.32 bits per heavy atom. The summed E-state index contributed by atoms with van der Waals surface area (Å²) in [5.74, 6) is -0.0418. The summed E-state index contributed by atoms with van der Waals surface area (Å²) in [4.78, 5) is 14.9. The lowest BCUT2D eigenvalue weighted by atomic mass is 10.1. The normalized spacial score (nSPS) is 17.5. The van der Waals surface area contributed by atoms with Crippen LogP contribution in [0.15, 0.2) is 48.8 Å². The second-order valence-electron chi connectivity index (χ2n) is 7.04. The Morgan fingerprint density at radius 3 is 2.93 bits per heavy atom. The predicted octanol–water partition coefficient (Wildman–Crippen LogP) is 2.77. The van der Waals surface area contributed by atoms with Gasteiger partial charge in [-0.2, -0.15) is 10.2 Å². The van der Waals surface area contributed by atoms with E-state index in [1.54, 1.807) is 6.20 Å². The molecule has 1 atom stereocenters. The van der Waals surface area contributed by atoms with E-state index in [0.29, 0.717) is 31.9 Å². The fourth-order valence-corrected chi connectivity index (χ4v) is 3.47. The SMILES string of the molecule is CCc1ccc(-c2cc(C(=O)N3CCCO[C@H](Cn4cccn4)C3)[nH]n2)cc1. The van der Waals surface area contributed by atoms with Crippen LogP contribution >= 0.6 is 0 Å². The monoisotopic (exact) mass is 379 g/mol. The average molecular weight is 379 g/mol. The van der Waals surface area contributed by atoms with Gasteiger partial charge in [-0.05, 0) is 30.5 Å². The number of carbonyl (C=O) groups excluding carboxylic acids is 1. The van der Waals surface area contributed by atoms with Crippen LogP contribution in [0.5, 0.6) is 0 Å². The highest BCUT2D eigenvalue weighted by Crippen LogP contribution is 2.20. The molecule has 7 nitrogen and oxygen atoms in total. The number of benzene rings is 1.